The van der Waals surface area contributed by atoms with E-state index in [0.29, 0.717) is 12.2 Å². The van der Waals surface area contributed by atoms with Crippen LogP contribution in [-0.4, -0.2) is 28.8 Å². The number of nitrogens with zero attached hydrogens (tertiary/aromatic N) is 2. The maximum atomic E-state index is 11.6. The molecule has 0 bridgehead atoms. The van der Waals surface area contributed by atoms with Crippen molar-refractivity contribution < 1.29 is 4.79 Å². The number of ketones is 1. The second kappa shape index (κ2) is 5.41. The van der Waals surface area contributed by atoms with Crippen molar-refractivity contribution in [2.24, 2.45) is 5.92 Å². The molecule has 0 aromatic carbocycles. The van der Waals surface area contributed by atoms with Crippen molar-refractivity contribution in [2.45, 2.75) is 33.2 Å². The van der Waals surface area contributed by atoms with E-state index >= 15 is 0 Å². The molecule has 1 saturated heterocycles. The van der Waals surface area contributed by atoms with Gasteiger partial charge in [-0.2, -0.15) is 0 Å². The average molecular weight is 232 g/mol. The van der Waals surface area contributed by atoms with Crippen LogP contribution in [0.2, 0.25) is 0 Å². The fourth-order valence-electron chi connectivity index (χ4n) is 2.37. The topological polar surface area (TPSA) is 33.2 Å². The molecule has 1 aliphatic heterocycles. The van der Waals surface area contributed by atoms with Gasteiger partial charge in [0.1, 0.15) is 5.78 Å². The molecule has 2 heterocycles. The third-order valence-corrected chi connectivity index (χ3v) is 3.59. The van der Waals surface area contributed by atoms with Crippen LogP contribution in [0, 0.1) is 12.8 Å². The molecule has 2 rings (SSSR count). The second-order valence-electron chi connectivity index (χ2n) is 4.82. The Balaban J connectivity index is 2.01. The van der Waals surface area contributed by atoms with Crippen molar-refractivity contribution in [3.63, 3.8) is 0 Å². The van der Waals surface area contributed by atoms with E-state index in [0.717, 1.165) is 31.7 Å². The van der Waals surface area contributed by atoms with Crippen molar-refractivity contribution in [1.82, 2.24) is 9.88 Å². The van der Waals surface area contributed by atoms with Crippen molar-refractivity contribution in [3.8, 4) is 0 Å². The molecule has 0 amide bonds. The highest BCUT2D eigenvalue weighted by Gasteiger charge is 2.25. The zero-order valence-corrected chi connectivity index (χ0v) is 10.6. The van der Waals surface area contributed by atoms with Gasteiger partial charge in [-0.3, -0.25) is 14.7 Å². The maximum Gasteiger partial charge on any atom is 0.138 e. The Hall–Kier alpha value is -1.22. The molecule has 1 aromatic heterocycles. The number of aromatic nitrogens is 1. The second-order valence-corrected chi connectivity index (χ2v) is 4.82. The highest BCUT2D eigenvalue weighted by atomic mass is 16.1. The molecule has 1 fully saturated rings. The molecule has 3 nitrogen and oxygen atoms in total. The molecular weight excluding hydrogens is 212 g/mol. The standard InChI is InChI=1S/C14H20N2O/c1-3-12-9-16(8-6-14(12)17)10-13-11(2)5-4-7-15-13/h4-5,7,12H,3,6,8-10H2,1-2H3. The molecule has 0 aliphatic carbocycles. The molecule has 0 saturated carbocycles. The van der Waals surface area contributed by atoms with Gasteiger partial charge in [0.25, 0.3) is 0 Å². The van der Waals surface area contributed by atoms with Gasteiger partial charge < -0.3 is 0 Å². The summed E-state index contributed by atoms with van der Waals surface area (Å²) in [6, 6.07) is 4.06. The minimum absolute atomic E-state index is 0.229. The Morgan fingerprint density at radius 1 is 1.53 bits per heavy atom. The number of carbonyl (C=O) groups excluding carboxylic acids is 1. The lowest BCUT2D eigenvalue weighted by molar-refractivity contribution is -0.126. The predicted molar refractivity (Wildman–Crippen MR) is 67.7 cm³/mol. The SMILES string of the molecule is CCC1CN(Cc2ncccc2C)CCC1=O. The van der Waals surface area contributed by atoms with Crippen molar-refractivity contribution in [2.75, 3.05) is 13.1 Å². The summed E-state index contributed by atoms with van der Waals surface area (Å²) in [5.74, 6) is 0.661. The third-order valence-electron chi connectivity index (χ3n) is 3.59. The Bertz CT molecular complexity index is 403. The number of hydrogen-bond donors (Lipinski definition) is 0. The number of piperidine rings is 1. The van der Waals surface area contributed by atoms with Crippen LogP contribution in [0.25, 0.3) is 0 Å². The van der Waals surface area contributed by atoms with E-state index in [1.807, 2.05) is 12.3 Å². The number of aryl methyl sites for hydroxylation is 1. The maximum absolute atomic E-state index is 11.6. The van der Waals surface area contributed by atoms with Crippen LogP contribution in [0.1, 0.15) is 31.0 Å². The Morgan fingerprint density at radius 3 is 3.06 bits per heavy atom. The molecule has 0 radical (unpaired) electrons. The number of hydrogen-bond acceptors (Lipinski definition) is 3. The summed E-state index contributed by atoms with van der Waals surface area (Å²) >= 11 is 0. The zero-order valence-electron chi connectivity index (χ0n) is 10.6. The zero-order chi connectivity index (χ0) is 12.3. The largest absolute Gasteiger partial charge is 0.299 e. The number of pyridine rings is 1. The first kappa shape index (κ1) is 12.2. The summed E-state index contributed by atoms with van der Waals surface area (Å²) < 4.78 is 0. The number of Topliss-reactive ketones (excluding diaryl/α,β-unsaturated/α-hetero) is 1. The summed E-state index contributed by atoms with van der Waals surface area (Å²) in [7, 11) is 0. The van der Waals surface area contributed by atoms with Crippen molar-refractivity contribution in [1.29, 1.82) is 0 Å². The molecule has 17 heavy (non-hydrogen) atoms. The van der Waals surface area contributed by atoms with E-state index in [2.05, 4.69) is 29.8 Å². The normalized spacial score (nSPS) is 21.8. The van der Waals surface area contributed by atoms with Crippen LogP contribution in [0.3, 0.4) is 0 Å². The molecule has 1 unspecified atom stereocenters. The van der Waals surface area contributed by atoms with Gasteiger partial charge >= 0.3 is 0 Å². The Morgan fingerprint density at radius 2 is 2.35 bits per heavy atom. The molecule has 1 aliphatic rings. The molecule has 1 atom stereocenters. The summed E-state index contributed by atoms with van der Waals surface area (Å²) in [5.41, 5.74) is 2.37. The lowest BCUT2D eigenvalue weighted by Crippen LogP contribution is -2.40. The van der Waals surface area contributed by atoms with Gasteiger partial charge in [0.2, 0.25) is 0 Å². The molecule has 92 valence electrons. The van der Waals surface area contributed by atoms with Gasteiger partial charge in [0.15, 0.2) is 0 Å². The quantitative estimate of drug-likeness (QED) is 0.801. The molecule has 0 spiro atoms. The van der Waals surface area contributed by atoms with Gasteiger partial charge in [-0.1, -0.05) is 13.0 Å². The molecular formula is C14H20N2O. The predicted octanol–water partition coefficient (Wildman–Crippen LogP) is 2.19. The van der Waals surface area contributed by atoms with Crippen LogP contribution in [0.15, 0.2) is 18.3 Å². The van der Waals surface area contributed by atoms with Crippen molar-refractivity contribution in [3.05, 3.63) is 29.6 Å². The first-order chi connectivity index (χ1) is 8.20. The van der Waals surface area contributed by atoms with E-state index in [-0.39, 0.29) is 5.92 Å². The van der Waals surface area contributed by atoms with Crippen LogP contribution in [-0.2, 0) is 11.3 Å². The minimum Gasteiger partial charge on any atom is -0.299 e. The van der Waals surface area contributed by atoms with Gasteiger partial charge in [-0.15, -0.1) is 0 Å². The number of likely N-dealkylation sites (tertiary alicyclic amines) is 1. The fraction of sp³-hybridized carbons (Fsp3) is 0.571. The average Bonchev–Trinajstić information content (AvgIpc) is 2.34. The van der Waals surface area contributed by atoms with Gasteiger partial charge in [-0.25, -0.2) is 0 Å². The van der Waals surface area contributed by atoms with E-state index in [1.165, 1.54) is 5.56 Å². The third kappa shape index (κ3) is 2.91. The summed E-state index contributed by atoms with van der Waals surface area (Å²) in [6.07, 6.45) is 3.50. The van der Waals surface area contributed by atoms with E-state index in [1.54, 1.807) is 0 Å². The van der Waals surface area contributed by atoms with Crippen LogP contribution in [0.4, 0.5) is 0 Å². The Kier molecular flexibility index (Phi) is 3.89. The lowest BCUT2D eigenvalue weighted by Gasteiger charge is -2.31. The Labute approximate surface area is 103 Å². The van der Waals surface area contributed by atoms with E-state index < -0.39 is 0 Å². The number of rotatable bonds is 3. The van der Waals surface area contributed by atoms with E-state index in [4.69, 9.17) is 0 Å². The highest BCUT2D eigenvalue weighted by molar-refractivity contribution is 5.82. The van der Waals surface area contributed by atoms with Crippen molar-refractivity contribution >= 4 is 5.78 Å². The van der Waals surface area contributed by atoms with Gasteiger partial charge in [-0.05, 0) is 25.0 Å². The monoisotopic (exact) mass is 232 g/mol. The highest BCUT2D eigenvalue weighted by Crippen LogP contribution is 2.18. The number of carbonyl (C=O) groups is 1. The molecule has 3 heteroatoms. The minimum atomic E-state index is 0.229. The van der Waals surface area contributed by atoms with Gasteiger partial charge in [0, 0.05) is 38.2 Å². The van der Waals surface area contributed by atoms with E-state index in [9.17, 15) is 4.79 Å². The van der Waals surface area contributed by atoms with Crippen LogP contribution >= 0.6 is 0 Å². The first-order valence-electron chi connectivity index (χ1n) is 6.36. The summed E-state index contributed by atoms with van der Waals surface area (Å²) in [5, 5.41) is 0. The van der Waals surface area contributed by atoms with Gasteiger partial charge in [0.05, 0.1) is 5.69 Å². The lowest BCUT2D eigenvalue weighted by atomic mass is 9.94. The smallest absolute Gasteiger partial charge is 0.138 e. The first-order valence-corrected chi connectivity index (χ1v) is 6.36. The summed E-state index contributed by atoms with van der Waals surface area (Å²) in [6.45, 7) is 6.83. The van der Waals surface area contributed by atoms with Crippen LogP contribution < -0.4 is 0 Å². The summed E-state index contributed by atoms with van der Waals surface area (Å²) in [4.78, 5) is 18.4. The molecule has 0 N–H and O–H groups in total. The molecule has 1 aromatic rings. The van der Waals surface area contributed by atoms with Crippen LogP contribution in [0.5, 0.6) is 0 Å². The fourth-order valence-corrected chi connectivity index (χ4v) is 2.37.